The van der Waals surface area contributed by atoms with E-state index in [1.54, 1.807) is 0 Å². The summed E-state index contributed by atoms with van der Waals surface area (Å²) in [7, 11) is 3.45. The second-order valence-electron chi connectivity index (χ2n) is 3.29. The number of unbranched alkanes of at least 4 members (excludes halogenated alkanes) is 1. The van der Waals surface area contributed by atoms with Gasteiger partial charge in [-0.1, -0.05) is 0 Å². The number of methoxy groups -OCH3 is 1. The fourth-order valence-electron chi connectivity index (χ4n) is 1.16. The maximum Gasteiger partial charge on any atom is 0.305 e. The lowest BCUT2D eigenvalue weighted by molar-refractivity contribution is -0.140. The van der Waals surface area contributed by atoms with Crippen molar-refractivity contribution < 1.29 is 9.53 Å². The van der Waals surface area contributed by atoms with E-state index in [1.165, 1.54) is 7.11 Å². The van der Waals surface area contributed by atoms with E-state index in [0.29, 0.717) is 6.42 Å². The van der Waals surface area contributed by atoms with Crippen molar-refractivity contribution in [2.45, 2.75) is 25.7 Å². The fourth-order valence-corrected chi connectivity index (χ4v) is 1.16. The van der Waals surface area contributed by atoms with Gasteiger partial charge in [0.25, 0.3) is 0 Å². The number of terminal acetylenes is 1. The zero-order valence-corrected chi connectivity index (χ0v) is 9.08. The minimum absolute atomic E-state index is 0.137. The van der Waals surface area contributed by atoms with Crippen LogP contribution in [0, 0.1) is 12.3 Å². The Labute approximate surface area is 86.4 Å². The van der Waals surface area contributed by atoms with E-state index < -0.39 is 0 Å². The van der Waals surface area contributed by atoms with E-state index in [9.17, 15) is 4.79 Å². The van der Waals surface area contributed by atoms with Crippen molar-refractivity contribution in [3.63, 3.8) is 0 Å². The first-order chi connectivity index (χ1) is 6.70. The first-order valence-corrected chi connectivity index (χ1v) is 4.89. The van der Waals surface area contributed by atoms with Gasteiger partial charge < -0.3 is 9.64 Å². The van der Waals surface area contributed by atoms with Crippen LogP contribution in [0.5, 0.6) is 0 Å². The molecule has 3 nitrogen and oxygen atoms in total. The van der Waals surface area contributed by atoms with Crippen LogP contribution in [0.2, 0.25) is 0 Å². The maximum atomic E-state index is 10.8. The molecule has 0 rings (SSSR count). The van der Waals surface area contributed by atoms with E-state index in [-0.39, 0.29) is 5.97 Å². The van der Waals surface area contributed by atoms with Crippen molar-refractivity contribution in [2.24, 2.45) is 0 Å². The standard InChI is InChI=1S/C11H19NO2/c1-4-5-6-9-12(2)10-7-8-11(13)14-3/h1H,5-10H2,2-3H3. The summed E-state index contributed by atoms with van der Waals surface area (Å²) in [6.07, 6.45) is 8.33. The molecule has 0 aliphatic rings. The Kier molecular flexibility index (Phi) is 7.96. The number of hydrogen-bond donors (Lipinski definition) is 0. The normalized spacial score (nSPS) is 9.86. The Morgan fingerprint density at radius 3 is 2.64 bits per heavy atom. The second kappa shape index (κ2) is 8.58. The molecule has 0 unspecified atom stereocenters. The zero-order valence-electron chi connectivity index (χ0n) is 9.08. The number of hydrogen-bond acceptors (Lipinski definition) is 3. The third kappa shape index (κ3) is 7.63. The Balaban J connectivity index is 3.31. The SMILES string of the molecule is C#CCCCN(C)CCCC(=O)OC. The van der Waals surface area contributed by atoms with Crippen LogP contribution in [-0.4, -0.2) is 38.1 Å². The van der Waals surface area contributed by atoms with Gasteiger partial charge in [0.1, 0.15) is 0 Å². The highest BCUT2D eigenvalue weighted by Gasteiger charge is 2.01. The lowest BCUT2D eigenvalue weighted by Gasteiger charge is -2.14. The summed E-state index contributed by atoms with van der Waals surface area (Å²) in [5, 5.41) is 0. The van der Waals surface area contributed by atoms with Crippen molar-refractivity contribution in [1.29, 1.82) is 0 Å². The average molecular weight is 197 g/mol. The predicted molar refractivity (Wildman–Crippen MR) is 56.8 cm³/mol. The molecule has 0 bridgehead atoms. The van der Waals surface area contributed by atoms with Crippen LogP contribution in [0.4, 0.5) is 0 Å². The summed E-state index contributed by atoms with van der Waals surface area (Å²) in [5.74, 6) is 2.47. The Morgan fingerprint density at radius 2 is 2.07 bits per heavy atom. The van der Waals surface area contributed by atoms with Gasteiger partial charge in [0.15, 0.2) is 0 Å². The summed E-state index contributed by atoms with van der Waals surface area (Å²) in [5.41, 5.74) is 0. The molecule has 14 heavy (non-hydrogen) atoms. The number of ether oxygens (including phenoxy) is 1. The molecule has 0 aromatic heterocycles. The second-order valence-corrected chi connectivity index (χ2v) is 3.29. The lowest BCUT2D eigenvalue weighted by atomic mass is 10.2. The van der Waals surface area contributed by atoms with Crippen molar-refractivity contribution in [3.8, 4) is 12.3 Å². The highest BCUT2D eigenvalue weighted by Crippen LogP contribution is 1.97. The summed E-state index contributed by atoms with van der Waals surface area (Å²) >= 11 is 0. The summed E-state index contributed by atoms with van der Waals surface area (Å²) in [4.78, 5) is 13.0. The lowest BCUT2D eigenvalue weighted by Crippen LogP contribution is -2.21. The quantitative estimate of drug-likeness (QED) is 0.350. The van der Waals surface area contributed by atoms with Gasteiger partial charge in [0.05, 0.1) is 7.11 Å². The minimum Gasteiger partial charge on any atom is -0.469 e. The number of carbonyl (C=O) groups is 1. The Bertz CT molecular complexity index is 196. The summed E-state index contributed by atoms with van der Waals surface area (Å²) in [6.45, 7) is 1.91. The van der Waals surface area contributed by atoms with Crippen molar-refractivity contribution in [3.05, 3.63) is 0 Å². The van der Waals surface area contributed by atoms with Crippen molar-refractivity contribution in [2.75, 3.05) is 27.2 Å². The highest BCUT2D eigenvalue weighted by molar-refractivity contribution is 5.69. The molecule has 0 aromatic rings. The summed E-state index contributed by atoms with van der Waals surface area (Å²) < 4.78 is 4.55. The van der Waals surface area contributed by atoms with Crippen molar-refractivity contribution >= 4 is 5.97 Å². The minimum atomic E-state index is -0.137. The molecule has 0 heterocycles. The topological polar surface area (TPSA) is 29.5 Å². The van der Waals surface area contributed by atoms with E-state index in [1.807, 2.05) is 7.05 Å². The molecule has 80 valence electrons. The average Bonchev–Trinajstić information content (AvgIpc) is 2.18. The molecule has 0 fully saturated rings. The molecule has 0 radical (unpaired) electrons. The smallest absolute Gasteiger partial charge is 0.305 e. The van der Waals surface area contributed by atoms with Crippen LogP contribution in [0.1, 0.15) is 25.7 Å². The van der Waals surface area contributed by atoms with E-state index in [0.717, 1.165) is 32.4 Å². The third-order valence-corrected chi connectivity index (χ3v) is 2.01. The molecule has 0 amide bonds. The molecule has 0 aliphatic heterocycles. The Morgan fingerprint density at radius 1 is 1.43 bits per heavy atom. The van der Waals surface area contributed by atoms with Crippen LogP contribution in [0.3, 0.4) is 0 Å². The van der Waals surface area contributed by atoms with Gasteiger partial charge in [-0.05, 0) is 33.0 Å². The molecule has 0 saturated carbocycles. The number of esters is 1. The van der Waals surface area contributed by atoms with Gasteiger partial charge >= 0.3 is 5.97 Å². The number of nitrogens with zero attached hydrogens (tertiary/aromatic N) is 1. The van der Waals surface area contributed by atoms with E-state index in [2.05, 4.69) is 15.6 Å². The molecule has 0 aliphatic carbocycles. The van der Waals surface area contributed by atoms with Crippen LogP contribution in [0.15, 0.2) is 0 Å². The van der Waals surface area contributed by atoms with Gasteiger partial charge in [-0.15, -0.1) is 12.3 Å². The molecule has 0 aromatic carbocycles. The zero-order chi connectivity index (χ0) is 10.8. The number of rotatable bonds is 7. The van der Waals surface area contributed by atoms with Gasteiger partial charge in [0, 0.05) is 12.8 Å². The molecule has 0 spiro atoms. The Hall–Kier alpha value is -1.01. The molecular weight excluding hydrogens is 178 g/mol. The monoisotopic (exact) mass is 197 g/mol. The maximum absolute atomic E-state index is 10.8. The van der Waals surface area contributed by atoms with Crippen molar-refractivity contribution in [1.82, 2.24) is 4.90 Å². The highest BCUT2D eigenvalue weighted by atomic mass is 16.5. The molecular formula is C11H19NO2. The van der Waals surface area contributed by atoms with Crippen LogP contribution >= 0.6 is 0 Å². The van der Waals surface area contributed by atoms with Gasteiger partial charge in [0.2, 0.25) is 0 Å². The summed E-state index contributed by atoms with van der Waals surface area (Å²) in [6, 6.07) is 0. The molecule has 0 atom stereocenters. The molecule has 3 heteroatoms. The van der Waals surface area contributed by atoms with Crippen LogP contribution in [-0.2, 0) is 9.53 Å². The first-order valence-electron chi connectivity index (χ1n) is 4.89. The van der Waals surface area contributed by atoms with Gasteiger partial charge in [-0.2, -0.15) is 0 Å². The molecule has 0 N–H and O–H groups in total. The number of carbonyl (C=O) groups excluding carboxylic acids is 1. The van der Waals surface area contributed by atoms with Gasteiger partial charge in [-0.3, -0.25) is 4.79 Å². The largest absolute Gasteiger partial charge is 0.469 e. The van der Waals surface area contributed by atoms with Crippen LogP contribution in [0.25, 0.3) is 0 Å². The fraction of sp³-hybridized carbons (Fsp3) is 0.727. The third-order valence-electron chi connectivity index (χ3n) is 2.01. The van der Waals surface area contributed by atoms with Crippen LogP contribution < -0.4 is 0 Å². The first kappa shape index (κ1) is 13.0. The van der Waals surface area contributed by atoms with Gasteiger partial charge in [-0.25, -0.2) is 0 Å². The van der Waals surface area contributed by atoms with E-state index in [4.69, 9.17) is 6.42 Å². The predicted octanol–water partition coefficient (Wildman–Crippen LogP) is 1.28. The molecule has 0 saturated heterocycles. The van der Waals surface area contributed by atoms with E-state index >= 15 is 0 Å².